The van der Waals surface area contributed by atoms with E-state index < -0.39 is 0 Å². The maximum absolute atomic E-state index is 12.2. The first kappa shape index (κ1) is 20.7. The van der Waals surface area contributed by atoms with Gasteiger partial charge in [0.25, 0.3) is 5.91 Å². The molecule has 0 spiro atoms. The van der Waals surface area contributed by atoms with E-state index in [0.717, 1.165) is 23.3 Å². The second-order valence-corrected chi connectivity index (χ2v) is 6.85. The summed E-state index contributed by atoms with van der Waals surface area (Å²) in [5.74, 6) is 0.632. The van der Waals surface area contributed by atoms with Crippen LogP contribution in [0.15, 0.2) is 18.2 Å². The van der Waals surface area contributed by atoms with Crippen LogP contribution in [-0.4, -0.2) is 59.7 Å². The molecular formula is C19H29N5O3. The number of urea groups is 1. The lowest BCUT2D eigenvalue weighted by Crippen LogP contribution is -2.38. The van der Waals surface area contributed by atoms with Crippen LogP contribution >= 0.6 is 0 Å². The number of rotatable bonds is 8. The second kappa shape index (κ2) is 9.36. The van der Waals surface area contributed by atoms with E-state index in [4.69, 9.17) is 4.74 Å². The molecule has 0 aliphatic rings. The molecule has 3 amide bonds. The Kier molecular flexibility index (Phi) is 7.18. The van der Waals surface area contributed by atoms with Gasteiger partial charge < -0.3 is 24.8 Å². The lowest BCUT2D eigenvalue weighted by molar-refractivity contribution is 0.0943. The molecule has 0 saturated heterocycles. The number of carbonyl (C=O) groups excluding carboxylic acids is 2. The van der Waals surface area contributed by atoms with Crippen LogP contribution in [-0.2, 0) is 18.3 Å². The van der Waals surface area contributed by atoms with Gasteiger partial charge in [-0.2, -0.15) is 0 Å². The predicted octanol–water partition coefficient (Wildman–Crippen LogP) is 1.89. The summed E-state index contributed by atoms with van der Waals surface area (Å²) in [6, 6.07) is 5.36. The third kappa shape index (κ3) is 5.43. The van der Waals surface area contributed by atoms with Crippen molar-refractivity contribution >= 4 is 23.0 Å². The van der Waals surface area contributed by atoms with Crippen LogP contribution in [0.25, 0.3) is 11.0 Å². The van der Waals surface area contributed by atoms with Gasteiger partial charge in [-0.25, -0.2) is 9.78 Å². The summed E-state index contributed by atoms with van der Waals surface area (Å²) in [7, 11) is 5.27. The summed E-state index contributed by atoms with van der Waals surface area (Å²) >= 11 is 0. The molecule has 148 valence electrons. The van der Waals surface area contributed by atoms with Crippen molar-refractivity contribution < 1.29 is 14.3 Å². The Labute approximate surface area is 159 Å². The third-order valence-corrected chi connectivity index (χ3v) is 4.18. The summed E-state index contributed by atoms with van der Waals surface area (Å²) in [5, 5.41) is 5.73. The van der Waals surface area contributed by atoms with Crippen molar-refractivity contribution in [3.63, 3.8) is 0 Å². The standard InChI is InChI=1S/C19H29N5O3/c1-13(2)21-18(25)14-7-8-16-15(11-14)22-17(24(16)4)12-23(3)19(26)20-9-6-10-27-5/h7-8,11,13H,6,9-10,12H2,1-5H3,(H,20,26)(H,21,25). The zero-order valence-electron chi connectivity index (χ0n) is 16.7. The van der Waals surface area contributed by atoms with E-state index in [0.29, 0.717) is 25.3 Å². The molecule has 0 atom stereocenters. The first-order valence-electron chi connectivity index (χ1n) is 9.07. The van der Waals surface area contributed by atoms with Crippen molar-refractivity contribution in [3.8, 4) is 0 Å². The summed E-state index contributed by atoms with van der Waals surface area (Å²) in [6.07, 6.45) is 0.767. The van der Waals surface area contributed by atoms with Gasteiger partial charge in [-0.05, 0) is 38.5 Å². The van der Waals surface area contributed by atoms with E-state index in [1.807, 2.05) is 31.5 Å². The number of hydrogen-bond donors (Lipinski definition) is 2. The quantitative estimate of drug-likeness (QED) is 0.690. The highest BCUT2D eigenvalue weighted by molar-refractivity contribution is 5.97. The minimum absolute atomic E-state index is 0.0727. The molecule has 0 radical (unpaired) electrons. The molecule has 8 nitrogen and oxygen atoms in total. The fraction of sp³-hybridized carbons (Fsp3) is 0.526. The number of fused-ring (bicyclic) bond motifs is 1. The van der Waals surface area contributed by atoms with Crippen LogP contribution in [0.5, 0.6) is 0 Å². The minimum Gasteiger partial charge on any atom is -0.385 e. The number of aryl methyl sites for hydroxylation is 1. The van der Waals surface area contributed by atoms with Crippen molar-refractivity contribution in [3.05, 3.63) is 29.6 Å². The molecule has 1 aromatic heterocycles. The molecule has 2 aromatic rings. The van der Waals surface area contributed by atoms with Crippen molar-refractivity contribution in [1.29, 1.82) is 0 Å². The van der Waals surface area contributed by atoms with Crippen molar-refractivity contribution in [2.45, 2.75) is 32.9 Å². The number of nitrogens with zero attached hydrogens (tertiary/aromatic N) is 3. The van der Waals surface area contributed by atoms with Crippen molar-refractivity contribution in [2.24, 2.45) is 7.05 Å². The van der Waals surface area contributed by atoms with Gasteiger partial charge in [-0.1, -0.05) is 0 Å². The third-order valence-electron chi connectivity index (χ3n) is 4.18. The first-order chi connectivity index (χ1) is 12.8. The summed E-state index contributed by atoms with van der Waals surface area (Å²) < 4.78 is 6.91. The topological polar surface area (TPSA) is 88.5 Å². The average Bonchev–Trinajstić information content (AvgIpc) is 2.93. The molecular weight excluding hydrogens is 346 g/mol. The molecule has 2 N–H and O–H groups in total. The van der Waals surface area contributed by atoms with E-state index in [-0.39, 0.29) is 18.0 Å². The van der Waals surface area contributed by atoms with Crippen LogP contribution in [0.4, 0.5) is 4.79 Å². The van der Waals surface area contributed by atoms with E-state index in [1.165, 1.54) is 0 Å². The molecule has 0 aliphatic carbocycles. The van der Waals surface area contributed by atoms with Crippen LogP contribution in [0.3, 0.4) is 0 Å². The Balaban J connectivity index is 2.09. The minimum atomic E-state index is -0.157. The zero-order chi connectivity index (χ0) is 20.0. The molecule has 0 saturated carbocycles. The Morgan fingerprint density at radius 1 is 1.33 bits per heavy atom. The van der Waals surface area contributed by atoms with Gasteiger partial charge in [-0.15, -0.1) is 0 Å². The highest BCUT2D eigenvalue weighted by Crippen LogP contribution is 2.18. The molecule has 0 bridgehead atoms. The summed E-state index contributed by atoms with van der Waals surface area (Å²) in [5.41, 5.74) is 2.22. The largest absolute Gasteiger partial charge is 0.385 e. The molecule has 2 rings (SSSR count). The van der Waals surface area contributed by atoms with Gasteiger partial charge >= 0.3 is 6.03 Å². The van der Waals surface area contributed by atoms with Crippen LogP contribution in [0.1, 0.15) is 36.5 Å². The maximum atomic E-state index is 12.2. The number of methoxy groups -OCH3 is 1. The van der Waals surface area contributed by atoms with E-state index in [1.54, 1.807) is 31.2 Å². The van der Waals surface area contributed by atoms with Crippen molar-refractivity contribution in [2.75, 3.05) is 27.3 Å². The van der Waals surface area contributed by atoms with E-state index in [9.17, 15) is 9.59 Å². The van der Waals surface area contributed by atoms with E-state index >= 15 is 0 Å². The van der Waals surface area contributed by atoms with Gasteiger partial charge in [0, 0.05) is 46.0 Å². The average molecular weight is 375 g/mol. The molecule has 0 aliphatic heterocycles. The van der Waals surface area contributed by atoms with Crippen molar-refractivity contribution in [1.82, 2.24) is 25.1 Å². The van der Waals surface area contributed by atoms with E-state index in [2.05, 4.69) is 15.6 Å². The number of ether oxygens (including phenoxy) is 1. The van der Waals surface area contributed by atoms with Gasteiger partial charge in [0.05, 0.1) is 17.6 Å². The Hall–Kier alpha value is -2.61. The number of imidazole rings is 1. The normalized spacial score (nSPS) is 11.0. The van der Waals surface area contributed by atoms with Crippen LogP contribution < -0.4 is 10.6 Å². The number of amides is 3. The SMILES string of the molecule is COCCCNC(=O)N(C)Cc1nc2cc(C(=O)NC(C)C)ccc2n1C. The van der Waals surface area contributed by atoms with Gasteiger partial charge in [0.2, 0.25) is 0 Å². The number of benzene rings is 1. The highest BCUT2D eigenvalue weighted by Gasteiger charge is 2.15. The lowest BCUT2D eigenvalue weighted by atomic mass is 10.2. The molecule has 8 heteroatoms. The van der Waals surface area contributed by atoms with Crippen LogP contribution in [0, 0.1) is 0 Å². The molecule has 0 unspecified atom stereocenters. The fourth-order valence-corrected chi connectivity index (χ4v) is 2.71. The summed E-state index contributed by atoms with van der Waals surface area (Å²) in [6.45, 7) is 5.39. The zero-order valence-corrected chi connectivity index (χ0v) is 16.7. The molecule has 1 aromatic carbocycles. The molecule has 0 fully saturated rings. The van der Waals surface area contributed by atoms with Gasteiger partial charge in [-0.3, -0.25) is 4.79 Å². The predicted molar refractivity (Wildman–Crippen MR) is 105 cm³/mol. The monoisotopic (exact) mass is 375 g/mol. The number of nitrogens with one attached hydrogen (secondary N) is 2. The fourth-order valence-electron chi connectivity index (χ4n) is 2.71. The number of carbonyl (C=O) groups is 2. The van der Waals surface area contributed by atoms with Gasteiger partial charge in [0.15, 0.2) is 0 Å². The van der Waals surface area contributed by atoms with Crippen LogP contribution in [0.2, 0.25) is 0 Å². The number of aromatic nitrogens is 2. The first-order valence-corrected chi connectivity index (χ1v) is 9.07. The highest BCUT2D eigenvalue weighted by atomic mass is 16.5. The Morgan fingerprint density at radius 3 is 2.74 bits per heavy atom. The lowest BCUT2D eigenvalue weighted by Gasteiger charge is -2.17. The maximum Gasteiger partial charge on any atom is 0.317 e. The molecule has 1 heterocycles. The van der Waals surface area contributed by atoms with Gasteiger partial charge in [0.1, 0.15) is 5.82 Å². The Bertz CT molecular complexity index is 800. The summed E-state index contributed by atoms with van der Waals surface area (Å²) in [4.78, 5) is 30.5. The molecule has 27 heavy (non-hydrogen) atoms. The second-order valence-electron chi connectivity index (χ2n) is 6.85. The Morgan fingerprint density at radius 2 is 2.07 bits per heavy atom. The smallest absolute Gasteiger partial charge is 0.317 e. The number of hydrogen-bond acceptors (Lipinski definition) is 4.